The number of carbonyl (C=O) groups excluding carboxylic acids is 1. The molecule has 0 radical (unpaired) electrons. The van der Waals surface area contributed by atoms with Gasteiger partial charge in [0.25, 0.3) is 5.91 Å². The summed E-state index contributed by atoms with van der Waals surface area (Å²) < 4.78 is 33.7. The van der Waals surface area contributed by atoms with E-state index in [2.05, 4.69) is 10.3 Å². The smallest absolute Gasteiger partial charge is 0.257 e. The van der Waals surface area contributed by atoms with Gasteiger partial charge < -0.3 is 4.74 Å². The van der Waals surface area contributed by atoms with Crippen LogP contribution >= 0.6 is 11.3 Å². The van der Waals surface area contributed by atoms with E-state index in [4.69, 9.17) is 4.74 Å². The molecule has 2 aromatic carbocycles. The lowest BCUT2D eigenvalue weighted by molar-refractivity contribution is 0.102. The van der Waals surface area contributed by atoms with Crippen molar-refractivity contribution in [3.8, 4) is 5.75 Å². The van der Waals surface area contributed by atoms with Gasteiger partial charge in [0.2, 0.25) is 10.0 Å². The molecule has 1 aromatic heterocycles. The van der Waals surface area contributed by atoms with Crippen LogP contribution in [0.2, 0.25) is 0 Å². The average molecular weight is 432 g/mol. The third kappa shape index (κ3) is 3.85. The lowest BCUT2D eigenvalue weighted by atomic mass is 10.2. The van der Waals surface area contributed by atoms with E-state index in [9.17, 15) is 13.2 Å². The number of ether oxygens (including phenoxy) is 1. The van der Waals surface area contributed by atoms with Crippen LogP contribution in [0.15, 0.2) is 41.3 Å². The van der Waals surface area contributed by atoms with Crippen molar-refractivity contribution in [2.45, 2.75) is 24.7 Å². The van der Waals surface area contributed by atoms with Gasteiger partial charge in [-0.1, -0.05) is 17.4 Å². The summed E-state index contributed by atoms with van der Waals surface area (Å²) in [4.78, 5) is 17.2. The van der Waals surface area contributed by atoms with Crippen LogP contribution in [0, 0.1) is 6.92 Å². The first-order valence-corrected chi connectivity index (χ1v) is 11.5. The van der Waals surface area contributed by atoms with Crippen LogP contribution < -0.4 is 10.1 Å². The molecule has 9 heteroatoms. The van der Waals surface area contributed by atoms with Crippen molar-refractivity contribution in [3.05, 3.63) is 47.5 Å². The molecule has 1 saturated heterocycles. The van der Waals surface area contributed by atoms with Crippen molar-refractivity contribution in [2.24, 2.45) is 0 Å². The molecule has 3 aromatic rings. The van der Waals surface area contributed by atoms with E-state index in [1.165, 1.54) is 34.9 Å². The van der Waals surface area contributed by atoms with E-state index >= 15 is 0 Å². The molecule has 1 N–H and O–H groups in total. The Morgan fingerprint density at radius 1 is 1.17 bits per heavy atom. The molecule has 152 valence electrons. The maximum absolute atomic E-state index is 13.0. The number of hydrogen-bond acceptors (Lipinski definition) is 6. The first kappa shape index (κ1) is 19.8. The molecule has 29 heavy (non-hydrogen) atoms. The number of rotatable bonds is 5. The van der Waals surface area contributed by atoms with Crippen LogP contribution in [0.5, 0.6) is 5.75 Å². The zero-order valence-corrected chi connectivity index (χ0v) is 17.8. The van der Waals surface area contributed by atoms with Crippen LogP contribution in [0.25, 0.3) is 10.2 Å². The van der Waals surface area contributed by atoms with Gasteiger partial charge in [0, 0.05) is 18.7 Å². The monoisotopic (exact) mass is 431 g/mol. The Labute approximate surface area is 173 Å². The van der Waals surface area contributed by atoms with Crippen LogP contribution in [0.4, 0.5) is 5.13 Å². The largest absolute Gasteiger partial charge is 0.495 e. The van der Waals surface area contributed by atoms with Crippen LogP contribution in [0.3, 0.4) is 0 Å². The predicted octanol–water partition coefficient (Wildman–Crippen LogP) is 3.65. The average Bonchev–Trinajstić information content (AvgIpc) is 3.37. The van der Waals surface area contributed by atoms with E-state index in [-0.39, 0.29) is 16.2 Å². The molecule has 1 aliphatic rings. The standard InChI is InChI=1S/C20H21N3O4S2/c1-13-5-7-15-17(11-13)28-20(21-15)22-19(24)14-6-8-16(27-2)18(12-14)29(25,26)23-9-3-4-10-23/h5-8,11-12H,3-4,9-10H2,1-2H3,(H,21,22,24). The highest BCUT2D eigenvalue weighted by Crippen LogP contribution is 2.31. The fraction of sp³-hybridized carbons (Fsp3) is 0.300. The number of methoxy groups -OCH3 is 1. The molecule has 7 nitrogen and oxygen atoms in total. The molecule has 1 amide bonds. The minimum absolute atomic E-state index is 0.00877. The predicted molar refractivity (Wildman–Crippen MR) is 113 cm³/mol. The molecule has 0 bridgehead atoms. The molecule has 4 rings (SSSR count). The number of benzene rings is 2. The quantitative estimate of drug-likeness (QED) is 0.666. The van der Waals surface area contributed by atoms with E-state index < -0.39 is 15.9 Å². The first-order valence-electron chi connectivity index (χ1n) is 9.25. The number of aryl methyl sites for hydroxylation is 1. The SMILES string of the molecule is COc1ccc(C(=O)Nc2nc3ccc(C)cc3s2)cc1S(=O)(=O)N1CCCC1. The van der Waals surface area contributed by atoms with Crippen LogP contribution in [-0.4, -0.2) is 43.8 Å². The van der Waals surface area contributed by atoms with Gasteiger partial charge in [-0.2, -0.15) is 4.31 Å². The number of aromatic nitrogens is 1. The second kappa shape index (κ2) is 7.74. The Bertz CT molecular complexity index is 1180. The zero-order chi connectivity index (χ0) is 20.6. The van der Waals surface area contributed by atoms with Gasteiger partial charge in [-0.15, -0.1) is 0 Å². The minimum atomic E-state index is -3.72. The van der Waals surface area contributed by atoms with Crippen molar-refractivity contribution >= 4 is 42.6 Å². The molecule has 0 saturated carbocycles. The normalized spacial score (nSPS) is 15.0. The lowest BCUT2D eigenvalue weighted by Gasteiger charge is -2.18. The number of amides is 1. The van der Waals surface area contributed by atoms with E-state index in [1.54, 1.807) is 6.07 Å². The molecule has 0 unspecified atom stereocenters. The number of hydrogen-bond donors (Lipinski definition) is 1. The highest BCUT2D eigenvalue weighted by atomic mass is 32.2. The van der Waals surface area contributed by atoms with Gasteiger partial charge >= 0.3 is 0 Å². The summed E-state index contributed by atoms with van der Waals surface area (Å²) in [5.74, 6) is -0.190. The molecule has 1 aliphatic heterocycles. The van der Waals surface area contributed by atoms with Crippen molar-refractivity contribution in [1.29, 1.82) is 0 Å². The first-order chi connectivity index (χ1) is 13.9. The third-order valence-electron chi connectivity index (χ3n) is 4.87. The van der Waals surface area contributed by atoms with Gasteiger partial charge in [0.15, 0.2) is 5.13 Å². The fourth-order valence-corrected chi connectivity index (χ4v) is 6.00. The highest BCUT2D eigenvalue weighted by molar-refractivity contribution is 7.89. The Morgan fingerprint density at radius 3 is 2.66 bits per heavy atom. The number of sulfonamides is 1. The molecule has 1 fully saturated rings. The number of anilines is 1. The Hall–Kier alpha value is -2.49. The van der Waals surface area contributed by atoms with Crippen LogP contribution in [-0.2, 0) is 10.0 Å². The van der Waals surface area contributed by atoms with Gasteiger partial charge in [-0.05, 0) is 55.7 Å². The van der Waals surface area contributed by atoms with Crippen molar-refractivity contribution < 1.29 is 17.9 Å². The second-order valence-corrected chi connectivity index (χ2v) is 9.86. The number of thiazole rings is 1. The van der Waals surface area contributed by atoms with Gasteiger partial charge in [0.05, 0.1) is 17.3 Å². The lowest BCUT2D eigenvalue weighted by Crippen LogP contribution is -2.28. The topological polar surface area (TPSA) is 88.6 Å². The van der Waals surface area contributed by atoms with Gasteiger partial charge in [-0.3, -0.25) is 10.1 Å². The van der Waals surface area contributed by atoms with Crippen LogP contribution in [0.1, 0.15) is 28.8 Å². The number of carbonyl (C=O) groups is 1. The van der Waals surface area contributed by atoms with Gasteiger partial charge in [0.1, 0.15) is 10.6 Å². The third-order valence-corrected chi connectivity index (χ3v) is 7.73. The second-order valence-electron chi connectivity index (χ2n) is 6.92. The molecule has 2 heterocycles. The summed E-state index contributed by atoms with van der Waals surface area (Å²) in [5.41, 5.74) is 2.16. The number of nitrogens with zero attached hydrogens (tertiary/aromatic N) is 2. The summed E-state index contributed by atoms with van der Waals surface area (Å²) in [7, 11) is -2.30. The summed E-state index contributed by atoms with van der Waals surface area (Å²) in [6.07, 6.45) is 1.66. The highest BCUT2D eigenvalue weighted by Gasteiger charge is 2.30. The molecular weight excluding hydrogens is 410 g/mol. The zero-order valence-electron chi connectivity index (χ0n) is 16.1. The summed E-state index contributed by atoms with van der Waals surface area (Å²) in [5, 5.41) is 3.24. The van der Waals surface area contributed by atoms with E-state index in [0.717, 1.165) is 28.6 Å². The molecule has 0 spiro atoms. The van der Waals surface area contributed by atoms with Crippen molar-refractivity contribution in [3.63, 3.8) is 0 Å². The van der Waals surface area contributed by atoms with E-state index in [0.29, 0.717) is 18.2 Å². The summed E-state index contributed by atoms with van der Waals surface area (Å²) >= 11 is 1.38. The Balaban J connectivity index is 1.64. The number of nitrogens with one attached hydrogen (secondary N) is 1. The maximum atomic E-state index is 13.0. The molecular formula is C20H21N3O4S2. The minimum Gasteiger partial charge on any atom is -0.495 e. The maximum Gasteiger partial charge on any atom is 0.257 e. The molecule has 0 atom stereocenters. The summed E-state index contributed by atoms with van der Waals surface area (Å²) in [6, 6.07) is 10.3. The van der Waals surface area contributed by atoms with E-state index in [1.807, 2.05) is 25.1 Å². The Morgan fingerprint density at radius 2 is 1.93 bits per heavy atom. The Kier molecular flexibility index (Phi) is 5.28. The summed E-state index contributed by atoms with van der Waals surface area (Å²) in [6.45, 7) is 2.96. The van der Waals surface area contributed by atoms with Crippen molar-refractivity contribution in [1.82, 2.24) is 9.29 Å². The van der Waals surface area contributed by atoms with Crippen molar-refractivity contribution in [2.75, 3.05) is 25.5 Å². The van der Waals surface area contributed by atoms with Gasteiger partial charge in [-0.25, -0.2) is 13.4 Å². The number of fused-ring (bicyclic) bond motifs is 1. The molecule has 0 aliphatic carbocycles. The fourth-order valence-electron chi connectivity index (χ4n) is 3.34.